The number of aromatic nitrogens is 1. The van der Waals surface area contributed by atoms with E-state index in [0.717, 1.165) is 24.8 Å². The predicted octanol–water partition coefficient (Wildman–Crippen LogP) is 5.23. The van der Waals surface area contributed by atoms with E-state index in [4.69, 9.17) is 14.6 Å². The van der Waals surface area contributed by atoms with Crippen LogP contribution in [0.5, 0.6) is 11.5 Å². The first-order chi connectivity index (χ1) is 17.3. The van der Waals surface area contributed by atoms with Crippen molar-refractivity contribution in [3.8, 4) is 11.5 Å². The van der Waals surface area contributed by atoms with Crippen LogP contribution in [0.2, 0.25) is 0 Å². The second kappa shape index (κ2) is 12.9. The molecular formula is C29H35NO6. The number of aryl methyl sites for hydroxylation is 1. The molecule has 2 atom stereocenters. The van der Waals surface area contributed by atoms with Gasteiger partial charge in [0, 0.05) is 42.4 Å². The Balaban J connectivity index is 1.80. The molecule has 0 saturated carbocycles. The van der Waals surface area contributed by atoms with E-state index in [-0.39, 0.29) is 24.5 Å². The highest BCUT2D eigenvalue weighted by atomic mass is 16.5. The van der Waals surface area contributed by atoms with E-state index in [1.54, 1.807) is 32.7 Å². The summed E-state index contributed by atoms with van der Waals surface area (Å²) in [5.41, 5.74) is 3.31. The van der Waals surface area contributed by atoms with Gasteiger partial charge in [-0.3, -0.25) is 9.59 Å². The second-order valence-electron chi connectivity index (χ2n) is 9.05. The van der Waals surface area contributed by atoms with Crippen LogP contribution in [-0.2, 0) is 17.8 Å². The number of methoxy groups -OCH3 is 2. The highest BCUT2D eigenvalue weighted by molar-refractivity contribution is 5.97. The summed E-state index contributed by atoms with van der Waals surface area (Å²) >= 11 is 0. The number of carbonyl (C=O) groups is 2. The number of hydrogen-bond acceptors (Lipinski definition) is 5. The number of ketones is 1. The minimum atomic E-state index is -0.992. The third-order valence-electron chi connectivity index (χ3n) is 6.53. The minimum absolute atomic E-state index is 0.0363. The lowest BCUT2D eigenvalue weighted by atomic mass is 9.89. The molecule has 0 amide bonds. The molecule has 7 heteroatoms. The zero-order valence-electron chi connectivity index (χ0n) is 21.1. The van der Waals surface area contributed by atoms with Crippen LogP contribution in [0.3, 0.4) is 0 Å². The maximum absolute atomic E-state index is 12.4. The van der Waals surface area contributed by atoms with Gasteiger partial charge in [-0.15, -0.1) is 0 Å². The first kappa shape index (κ1) is 27.0. The number of aliphatic hydroxyl groups is 1. The Morgan fingerprint density at radius 1 is 1.00 bits per heavy atom. The molecule has 3 aromatic rings. The number of rotatable bonds is 14. The van der Waals surface area contributed by atoms with Crippen LogP contribution in [-0.4, -0.2) is 40.8 Å². The van der Waals surface area contributed by atoms with Gasteiger partial charge < -0.3 is 24.3 Å². The van der Waals surface area contributed by atoms with Gasteiger partial charge >= 0.3 is 5.97 Å². The summed E-state index contributed by atoms with van der Waals surface area (Å²) in [6, 6.07) is 15.6. The van der Waals surface area contributed by atoms with Gasteiger partial charge in [-0.2, -0.15) is 0 Å². The van der Waals surface area contributed by atoms with Crippen molar-refractivity contribution >= 4 is 11.8 Å². The molecule has 1 heterocycles. The van der Waals surface area contributed by atoms with E-state index < -0.39 is 12.1 Å². The molecule has 36 heavy (non-hydrogen) atoms. The summed E-state index contributed by atoms with van der Waals surface area (Å²) in [4.78, 5) is 23.2. The maximum Gasteiger partial charge on any atom is 0.303 e. The minimum Gasteiger partial charge on any atom is -0.496 e. The number of hydrogen-bond donors (Lipinski definition) is 2. The molecule has 3 rings (SSSR count). The zero-order chi connectivity index (χ0) is 26.1. The third-order valence-corrected chi connectivity index (χ3v) is 6.53. The molecule has 0 aliphatic heterocycles. The molecule has 2 unspecified atom stereocenters. The second-order valence-corrected chi connectivity index (χ2v) is 9.05. The zero-order valence-corrected chi connectivity index (χ0v) is 21.1. The van der Waals surface area contributed by atoms with Crippen molar-refractivity contribution < 1.29 is 29.3 Å². The number of ether oxygens (including phenoxy) is 2. The van der Waals surface area contributed by atoms with Gasteiger partial charge in [0.05, 0.1) is 26.7 Å². The number of aliphatic carboxylic acids is 1. The first-order valence-corrected chi connectivity index (χ1v) is 12.2. The maximum atomic E-state index is 12.4. The van der Waals surface area contributed by atoms with Crippen molar-refractivity contribution in [1.29, 1.82) is 0 Å². The standard InChI is InChI=1S/C29H35NO6/c1-20-26(35-2)16-24(17-27(20)36-3)29(34)23(11-7-10-21-8-5-4-6-9-21)19-30-15-14-22(18-30)25(31)12-13-28(32)33/h4-6,8-9,14-18,23,29,34H,7,10-13,19H2,1-3H3,(H,32,33). The summed E-state index contributed by atoms with van der Waals surface area (Å²) in [7, 11) is 3.19. The topological polar surface area (TPSA) is 98.0 Å². The van der Waals surface area contributed by atoms with Crippen LogP contribution in [0.4, 0.5) is 0 Å². The first-order valence-electron chi connectivity index (χ1n) is 12.2. The monoisotopic (exact) mass is 493 g/mol. The van der Waals surface area contributed by atoms with Gasteiger partial charge in [0.15, 0.2) is 5.78 Å². The Bertz CT molecular complexity index is 1130. The Kier molecular flexibility index (Phi) is 9.70. The van der Waals surface area contributed by atoms with Gasteiger partial charge in [-0.1, -0.05) is 30.3 Å². The lowest BCUT2D eigenvalue weighted by Crippen LogP contribution is -2.19. The van der Waals surface area contributed by atoms with Crippen molar-refractivity contribution in [3.63, 3.8) is 0 Å². The number of aliphatic hydroxyl groups excluding tert-OH is 1. The molecule has 0 saturated heterocycles. The Morgan fingerprint density at radius 3 is 2.28 bits per heavy atom. The summed E-state index contributed by atoms with van der Waals surface area (Å²) in [5, 5.41) is 20.3. The third kappa shape index (κ3) is 7.21. The predicted molar refractivity (Wildman–Crippen MR) is 138 cm³/mol. The fraction of sp³-hybridized carbons (Fsp3) is 0.379. The molecule has 0 aliphatic rings. The SMILES string of the molecule is COc1cc(C(O)C(CCCc2ccccc2)Cn2ccc(C(=O)CCC(=O)O)c2)cc(OC)c1C. The van der Waals surface area contributed by atoms with Gasteiger partial charge in [-0.05, 0) is 55.5 Å². The van der Waals surface area contributed by atoms with Gasteiger partial charge in [0.1, 0.15) is 11.5 Å². The van der Waals surface area contributed by atoms with Crippen LogP contribution in [0.15, 0.2) is 60.9 Å². The molecule has 0 bridgehead atoms. The number of benzene rings is 2. The molecular weight excluding hydrogens is 458 g/mol. The molecule has 0 aliphatic carbocycles. The van der Waals surface area contributed by atoms with E-state index in [1.165, 1.54) is 5.56 Å². The quantitative estimate of drug-likeness (QED) is 0.298. The van der Waals surface area contributed by atoms with Crippen molar-refractivity contribution in [2.45, 2.75) is 51.7 Å². The molecule has 0 fully saturated rings. The average molecular weight is 494 g/mol. The Labute approximate surface area is 212 Å². The lowest BCUT2D eigenvalue weighted by molar-refractivity contribution is -0.136. The lowest BCUT2D eigenvalue weighted by Gasteiger charge is -2.25. The fourth-order valence-corrected chi connectivity index (χ4v) is 4.47. The van der Waals surface area contributed by atoms with Gasteiger partial charge in [0.2, 0.25) is 0 Å². The van der Waals surface area contributed by atoms with Crippen LogP contribution in [0, 0.1) is 12.8 Å². The molecule has 192 valence electrons. The van der Waals surface area contributed by atoms with Gasteiger partial charge in [0.25, 0.3) is 0 Å². The number of carboxylic acids is 1. The van der Waals surface area contributed by atoms with E-state index in [9.17, 15) is 14.7 Å². The normalized spacial score (nSPS) is 12.7. The summed E-state index contributed by atoms with van der Waals surface area (Å²) in [6.45, 7) is 2.41. The average Bonchev–Trinajstić information content (AvgIpc) is 3.35. The van der Waals surface area contributed by atoms with Crippen LogP contribution in [0.1, 0.15) is 58.8 Å². The molecule has 0 radical (unpaired) electrons. The van der Waals surface area contributed by atoms with Crippen LogP contribution >= 0.6 is 0 Å². The van der Waals surface area contributed by atoms with Crippen molar-refractivity contribution in [2.24, 2.45) is 5.92 Å². The summed E-state index contributed by atoms with van der Waals surface area (Å²) < 4.78 is 12.9. The van der Waals surface area contributed by atoms with Gasteiger partial charge in [-0.25, -0.2) is 0 Å². The number of Topliss-reactive ketones (excluding diaryl/α,β-unsaturated/α-hetero) is 1. The van der Waals surface area contributed by atoms with E-state index in [2.05, 4.69) is 12.1 Å². The number of carbonyl (C=O) groups excluding carboxylic acids is 1. The van der Waals surface area contributed by atoms with E-state index in [0.29, 0.717) is 29.2 Å². The number of nitrogens with zero attached hydrogens (tertiary/aromatic N) is 1. The van der Waals surface area contributed by atoms with Crippen molar-refractivity contribution in [2.75, 3.05) is 14.2 Å². The number of carboxylic acid groups (broad SMARTS) is 1. The van der Waals surface area contributed by atoms with Crippen LogP contribution in [0.25, 0.3) is 0 Å². The molecule has 2 aromatic carbocycles. The highest BCUT2D eigenvalue weighted by Crippen LogP contribution is 2.36. The molecule has 0 spiro atoms. The molecule has 2 N–H and O–H groups in total. The summed E-state index contributed by atoms with van der Waals surface area (Å²) in [5.74, 6) is -0.0312. The highest BCUT2D eigenvalue weighted by Gasteiger charge is 2.24. The van der Waals surface area contributed by atoms with Crippen molar-refractivity contribution in [1.82, 2.24) is 4.57 Å². The van der Waals surface area contributed by atoms with E-state index >= 15 is 0 Å². The van der Waals surface area contributed by atoms with Crippen molar-refractivity contribution in [3.05, 3.63) is 83.2 Å². The van der Waals surface area contributed by atoms with E-state index in [1.807, 2.05) is 41.8 Å². The fourth-order valence-electron chi connectivity index (χ4n) is 4.47. The van der Waals surface area contributed by atoms with Crippen LogP contribution < -0.4 is 9.47 Å². The summed E-state index contributed by atoms with van der Waals surface area (Å²) in [6.07, 6.45) is 5.08. The molecule has 7 nitrogen and oxygen atoms in total. The smallest absolute Gasteiger partial charge is 0.303 e. The Hall–Kier alpha value is -3.58. The molecule has 1 aromatic heterocycles. The Morgan fingerprint density at radius 2 is 1.67 bits per heavy atom. The largest absolute Gasteiger partial charge is 0.496 e.